The first-order valence-electron chi connectivity index (χ1n) is 11.2. The van der Waals surface area contributed by atoms with Gasteiger partial charge in [-0.3, -0.25) is 4.99 Å². The standard InChI is InChI=1S/C24H32FN5O/c1-3-21(30-22(4-2)28-17-24(16-26)10-12-31-13-11-24)19-14-23(27-15-20(19)25)29-18-8-6-5-7-9-18/h3,8,14-15H,4-7,9-13,17H2,1-2H3,(H,27,29)(H,28,30)/b21-3-. The zero-order valence-electron chi connectivity index (χ0n) is 18.5. The smallest absolute Gasteiger partial charge is 0.150 e. The fraction of sp³-hybridized carbons (Fsp3) is 0.542. The van der Waals surface area contributed by atoms with Gasteiger partial charge >= 0.3 is 0 Å². The Labute approximate surface area is 184 Å². The summed E-state index contributed by atoms with van der Waals surface area (Å²) in [7, 11) is 0. The van der Waals surface area contributed by atoms with E-state index in [-0.39, 0.29) is 0 Å². The molecule has 2 N–H and O–H groups in total. The van der Waals surface area contributed by atoms with E-state index >= 15 is 0 Å². The number of allylic oxidation sites excluding steroid dienone is 3. The lowest BCUT2D eigenvalue weighted by Crippen LogP contribution is -2.32. The molecule has 1 aromatic heterocycles. The highest BCUT2D eigenvalue weighted by Gasteiger charge is 2.32. The molecule has 7 heteroatoms. The number of nitriles is 1. The fourth-order valence-electron chi connectivity index (χ4n) is 3.83. The summed E-state index contributed by atoms with van der Waals surface area (Å²) in [6, 6.07) is 4.17. The van der Waals surface area contributed by atoms with Crippen molar-refractivity contribution in [2.45, 2.75) is 58.8 Å². The zero-order chi connectivity index (χ0) is 22.1. The highest BCUT2D eigenvalue weighted by molar-refractivity contribution is 5.91. The number of amidine groups is 1. The van der Waals surface area contributed by atoms with Crippen molar-refractivity contribution in [1.29, 1.82) is 5.26 Å². The number of anilines is 1. The molecule has 0 radical (unpaired) electrons. The minimum absolute atomic E-state index is 0.392. The molecule has 0 unspecified atom stereocenters. The van der Waals surface area contributed by atoms with Crippen molar-refractivity contribution in [3.8, 4) is 6.07 Å². The van der Waals surface area contributed by atoms with Crippen LogP contribution in [0.3, 0.4) is 0 Å². The minimum atomic E-state index is -0.483. The van der Waals surface area contributed by atoms with Gasteiger partial charge in [0.05, 0.1) is 24.2 Å². The maximum atomic E-state index is 14.6. The van der Waals surface area contributed by atoms with Crippen molar-refractivity contribution >= 4 is 17.4 Å². The first-order chi connectivity index (χ1) is 15.1. The van der Waals surface area contributed by atoms with E-state index in [1.807, 2.05) is 19.9 Å². The maximum absolute atomic E-state index is 14.6. The molecule has 3 rings (SSSR count). The molecular weight excluding hydrogens is 393 g/mol. The van der Waals surface area contributed by atoms with Crippen LogP contribution < -0.4 is 10.6 Å². The van der Waals surface area contributed by atoms with Crippen molar-refractivity contribution < 1.29 is 9.13 Å². The van der Waals surface area contributed by atoms with Gasteiger partial charge in [-0.25, -0.2) is 9.37 Å². The number of nitrogens with zero attached hydrogens (tertiary/aromatic N) is 3. The molecule has 0 atom stereocenters. The summed E-state index contributed by atoms with van der Waals surface area (Å²) in [6.45, 7) is 5.45. The van der Waals surface area contributed by atoms with E-state index in [1.54, 1.807) is 6.07 Å². The van der Waals surface area contributed by atoms with Crippen molar-refractivity contribution in [1.82, 2.24) is 10.3 Å². The monoisotopic (exact) mass is 425 g/mol. The predicted molar refractivity (Wildman–Crippen MR) is 122 cm³/mol. The van der Waals surface area contributed by atoms with Crippen molar-refractivity contribution in [3.05, 3.63) is 41.5 Å². The largest absolute Gasteiger partial charge is 0.381 e. The summed E-state index contributed by atoms with van der Waals surface area (Å²) in [6.07, 6.45) is 11.7. The molecule has 166 valence electrons. The molecule has 31 heavy (non-hydrogen) atoms. The normalized spacial score (nSPS) is 19.4. The number of nitrogens with one attached hydrogen (secondary N) is 2. The molecule has 6 nitrogen and oxygen atoms in total. The molecule has 1 fully saturated rings. The number of hydrogen-bond donors (Lipinski definition) is 2. The lowest BCUT2D eigenvalue weighted by molar-refractivity contribution is 0.0441. The van der Waals surface area contributed by atoms with Crippen LogP contribution in [0.4, 0.5) is 10.2 Å². The first-order valence-corrected chi connectivity index (χ1v) is 11.2. The number of ether oxygens (including phenoxy) is 1. The first kappa shape index (κ1) is 23.0. The Hall–Kier alpha value is -2.72. The highest BCUT2D eigenvalue weighted by atomic mass is 19.1. The van der Waals surface area contributed by atoms with Gasteiger partial charge in [0.2, 0.25) is 0 Å². The summed E-state index contributed by atoms with van der Waals surface area (Å²) < 4.78 is 20.0. The average molecular weight is 426 g/mol. The summed E-state index contributed by atoms with van der Waals surface area (Å²) in [5.41, 5.74) is 1.74. The fourth-order valence-corrected chi connectivity index (χ4v) is 3.83. The van der Waals surface area contributed by atoms with Crippen LogP contribution in [0, 0.1) is 22.6 Å². The van der Waals surface area contributed by atoms with Crippen LogP contribution in [0.15, 0.2) is 35.1 Å². The van der Waals surface area contributed by atoms with E-state index in [0.717, 1.165) is 30.8 Å². The molecule has 2 aliphatic rings. The Kier molecular flexibility index (Phi) is 8.19. The Bertz CT molecular complexity index is 894. The Morgan fingerprint density at radius 3 is 2.84 bits per heavy atom. The average Bonchev–Trinajstić information content (AvgIpc) is 2.82. The van der Waals surface area contributed by atoms with E-state index < -0.39 is 11.2 Å². The van der Waals surface area contributed by atoms with Gasteiger partial charge < -0.3 is 15.4 Å². The minimum Gasteiger partial charge on any atom is -0.381 e. The Morgan fingerprint density at radius 1 is 1.39 bits per heavy atom. The van der Waals surface area contributed by atoms with E-state index in [1.165, 1.54) is 12.6 Å². The van der Waals surface area contributed by atoms with Crippen LogP contribution in [0.1, 0.15) is 64.4 Å². The number of halogens is 1. The van der Waals surface area contributed by atoms with Gasteiger partial charge in [0, 0.05) is 36.6 Å². The predicted octanol–water partition coefficient (Wildman–Crippen LogP) is 5.17. The number of aromatic nitrogens is 1. The lowest BCUT2D eigenvalue weighted by Gasteiger charge is -2.29. The van der Waals surface area contributed by atoms with E-state index in [4.69, 9.17) is 9.73 Å². The summed E-state index contributed by atoms with van der Waals surface area (Å²) >= 11 is 0. The van der Waals surface area contributed by atoms with Crippen molar-refractivity contribution in [2.24, 2.45) is 10.4 Å². The molecule has 0 aromatic carbocycles. The summed E-state index contributed by atoms with van der Waals surface area (Å²) in [5.74, 6) is 0.971. The second kappa shape index (κ2) is 11.1. The van der Waals surface area contributed by atoms with Crippen LogP contribution >= 0.6 is 0 Å². The van der Waals surface area contributed by atoms with Crippen LogP contribution in [0.2, 0.25) is 0 Å². The molecule has 0 spiro atoms. The second-order valence-electron chi connectivity index (χ2n) is 8.10. The van der Waals surface area contributed by atoms with Crippen LogP contribution in [0.25, 0.3) is 5.70 Å². The molecule has 0 amide bonds. The number of pyridine rings is 1. The molecule has 1 aliphatic carbocycles. The topological polar surface area (TPSA) is 82.3 Å². The van der Waals surface area contributed by atoms with Gasteiger partial charge in [-0.15, -0.1) is 0 Å². The van der Waals surface area contributed by atoms with Crippen molar-refractivity contribution in [2.75, 3.05) is 25.1 Å². The third kappa shape index (κ3) is 6.14. The van der Waals surface area contributed by atoms with E-state index in [0.29, 0.717) is 56.1 Å². The van der Waals surface area contributed by atoms with Crippen LogP contribution in [-0.4, -0.2) is 30.6 Å². The number of rotatable bonds is 7. The van der Waals surface area contributed by atoms with E-state index in [2.05, 4.69) is 27.8 Å². The van der Waals surface area contributed by atoms with Crippen LogP contribution in [-0.2, 0) is 4.74 Å². The number of hydrogen-bond acceptors (Lipinski definition) is 5. The van der Waals surface area contributed by atoms with Crippen molar-refractivity contribution in [3.63, 3.8) is 0 Å². The maximum Gasteiger partial charge on any atom is 0.150 e. The van der Waals surface area contributed by atoms with Gasteiger partial charge in [-0.05, 0) is 51.5 Å². The molecule has 0 bridgehead atoms. The molecule has 0 saturated carbocycles. The second-order valence-corrected chi connectivity index (χ2v) is 8.10. The molecule has 1 aliphatic heterocycles. The van der Waals surface area contributed by atoms with Gasteiger partial charge in [-0.2, -0.15) is 5.26 Å². The lowest BCUT2D eigenvalue weighted by atomic mass is 9.82. The third-order valence-electron chi connectivity index (χ3n) is 5.89. The quantitative estimate of drug-likeness (QED) is 0.465. The highest BCUT2D eigenvalue weighted by Crippen LogP contribution is 2.30. The number of aliphatic imine (C=N–C) groups is 1. The molecule has 1 aromatic rings. The molecule has 2 heterocycles. The Balaban J connectivity index is 1.75. The molecule has 1 saturated heterocycles. The van der Waals surface area contributed by atoms with Gasteiger partial charge in [0.25, 0.3) is 0 Å². The summed E-state index contributed by atoms with van der Waals surface area (Å²) in [4.78, 5) is 8.90. The third-order valence-corrected chi connectivity index (χ3v) is 5.89. The summed E-state index contributed by atoms with van der Waals surface area (Å²) in [5, 5.41) is 16.3. The SMILES string of the molecule is C/C=C(\NC(CC)=NCC1(C#N)CCOCC1)c1cc(NC2=CCCCC2)ncc1F. The molecular formula is C24H32FN5O. The zero-order valence-corrected chi connectivity index (χ0v) is 18.5. The Morgan fingerprint density at radius 2 is 2.19 bits per heavy atom. The van der Waals surface area contributed by atoms with Crippen LogP contribution in [0.5, 0.6) is 0 Å². The van der Waals surface area contributed by atoms with Gasteiger partial charge in [-0.1, -0.05) is 19.1 Å². The van der Waals surface area contributed by atoms with E-state index in [9.17, 15) is 9.65 Å². The van der Waals surface area contributed by atoms with Gasteiger partial charge in [0.1, 0.15) is 11.7 Å². The van der Waals surface area contributed by atoms with Gasteiger partial charge in [0.15, 0.2) is 5.82 Å².